The first-order valence-corrected chi connectivity index (χ1v) is 10.1. The third-order valence-electron chi connectivity index (χ3n) is 4.34. The Morgan fingerprint density at radius 3 is 2.11 bits per heavy atom. The minimum Gasteiger partial charge on any atom is -0.744 e. The number of hydrogen-bond acceptors (Lipinski definition) is 6. The van der Waals surface area contributed by atoms with Gasteiger partial charge in [-0.2, -0.15) is 8.42 Å². The average molecular weight is 412 g/mol. The van der Waals surface area contributed by atoms with Crippen LogP contribution in [0.4, 0.5) is 0 Å². The molecule has 132 valence electrons. The molecule has 1 N–H and O–H groups in total. The van der Waals surface area contributed by atoms with Crippen molar-refractivity contribution in [2.45, 2.75) is 9.79 Å². The van der Waals surface area contributed by atoms with Gasteiger partial charge < -0.3 is 4.55 Å². The van der Waals surface area contributed by atoms with Crippen molar-refractivity contribution in [3.8, 4) is 11.1 Å². The molecule has 10 heteroatoms. The van der Waals surface area contributed by atoms with Crippen molar-refractivity contribution in [3.05, 3.63) is 59.7 Å². The Hall–Kier alpha value is -1.59. The predicted octanol–water partition coefficient (Wildman–Crippen LogP) is -0.794. The molecule has 1 aliphatic rings. The van der Waals surface area contributed by atoms with Gasteiger partial charge in [0.1, 0.15) is 10.1 Å². The van der Waals surface area contributed by atoms with E-state index in [4.69, 9.17) is 0 Å². The molecule has 3 aromatic carbocycles. The van der Waals surface area contributed by atoms with E-state index in [9.17, 15) is 30.7 Å². The molecule has 0 saturated carbocycles. The molecule has 7 nitrogen and oxygen atoms in total. The van der Waals surface area contributed by atoms with Gasteiger partial charge in [0.2, 0.25) is 0 Å². The van der Waals surface area contributed by atoms with E-state index in [-0.39, 0.29) is 46.1 Å². The van der Waals surface area contributed by atoms with Crippen LogP contribution in [0.25, 0.3) is 21.9 Å². The van der Waals surface area contributed by atoms with Gasteiger partial charge >= 0.3 is 29.6 Å². The van der Waals surface area contributed by atoms with Crippen molar-refractivity contribution in [1.29, 1.82) is 0 Å². The van der Waals surface area contributed by atoms with Gasteiger partial charge in [-0.3, -0.25) is 9.35 Å². The molecule has 0 aromatic heterocycles. The molecule has 0 aliphatic heterocycles. The largest absolute Gasteiger partial charge is 1.00 e. The standard InChI is InChI=1S/C17H10O7S2.Na/c18-17-13-3-1-2-12-15(26(22,23)24)7-6-11(16(12)13)10-5-4-9(8-14(10)17)25(19,20)21;/h1-8H,(H,19,20,21)(H,22,23,24);/q;+1/p-1. The number of hydrogen-bond donors (Lipinski definition) is 1. The fourth-order valence-corrected chi connectivity index (χ4v) is 4.44. The van der Waals surface area contributed by atoms with Crippen molar-refractivity contribution in [1.82, 2.24) is 0 Å². The third kappa shape index (κ3) is 3.15. The molecule has 0 spiro atoms. The topological polar surface area (TPSA) is 129 Å². The molecule has 0 fully saturated rings. The van der Waals surface area contributed by atoms with Crippen LogP contribution in [0.5, 0.6) is 0 Å². The first kappa shape index (κ1) is 20.2. The molecule has 27 heavy (non-hydrogen) atoms. The summed E-state index contributed by atoms with van der Waals surface area (Å²) in [7, 11) is -9.23. The number of rotatable bonds is 2. The Morgan fingerprint density at radius 2 is 1.48 bits per heavy atom. The fraction of sp³-hybridized carbons (Fsp3) is 0. The Kier molecular flexibility index (Phi) is 4.84. The molecular formula is C17H9NaO7S2. The summed E-state index contributed by atoms with van der Waals surface area (Å²) < 4.78 is 66.5. The fourth-order valence-electron chi connectivity index (χ4n) is 3.26. The van der Waals surface area contributed by atoms with Crippen LogP contribution in [0.3, 0.4) is 0 Å². The Labute approximate surface area is 176 Å². The number of carbonyl (C=O) groups excluding carboxylic acids is 1. The summed E-state index contributed by atoms with van der Waals surface area (Å²) >= 11 is 0. The van der Waals surface area contributed by atoms with Crippen LogP contribution < -0.4 is 29.6 Å². The summed E-state index contributed by atoms with van der Waals surface area (Å²) in [5.41, 5.74) is 1.11. The molecule has 0 unspecified atom stereocenters. The summed E-state index contributed by atoms with van der Waals surface area (Å²) in [6, 6.07) is 10.5. The SMILES string of the molecule is O=C1c2cc(S(=O)(=O)O)ccc2-c2ccc(S(=O)(=O)[O-])c3cccc1c23.[Na+]. The predicted molar refractivity (Wildman–Crippen MR) is 90.6 cm³/mol. The van der Waals surface area contributed by atoms with E-state index in [0.717, 1.165) is 12.1 Å². The Balaban J connectivity index is 0.00000210. The maximum Gasteiger partial charge on any atom is 1.00 e. The second-order valence-corrected chi connectivity index (χ2v) is 8.57. The zero-order valence-corrected chi connectivity index (χ0v) is 17.5. The normalized spacial score (nSPS) is 13.2. The quantitative estimate of drug-likeness (QED) is 0.337. The monoisotopic (exact) mass is 412 g/mol. The molecule has 0 saturated heterocycles. The van der Waals surface area contributed by atoms with Gasteiger partial charge in [0.05, 0.1) is 9.79 Å². The van der Waals surface area contributed by atoms with Gasteiger partial charge in [-0.05, 0) is 29.3 Å². The van der Waals surface area contributed by atoms with E-state index in [0.29, 0.717) is 16.5 Å². The first-order chi connectivity index (χ1) is 12.1. The third-order valence-corrected chi connectivity index (χ3v) is 6.08. The molecule has 0 radical (unpaired) electrons. The van der Waals surface area contributed by atoms with Crippen molar-refractivity contribution in [2.75, 3.05) is 0 Å². The maximum atomic E-state index is 12.8. The number of benzene rings is 3. The summed E-state index contributed by atoms with van der Waals surface area (Å²) in [5, 5.41) is 0.453. The van der Waals surface area contributed by atoms with Gasteiger partial charge in [-0.25, -0.2) is 8.42 Å². The summed E-state index contributed by atoms with van der Waals surface area (Å²) in [5.74, 6) is -0.524. The number of carbonyl (C=O) groups is 1. The second kappa shape index (κ2) is 6.49. The van der Waals surface area contributed by atoms with Crippen LogP contribution in [0.2, 0.25) is 0 Å². The minimum atomic E-state index is -4.74. The van der Waals surface area contributed by atoms with Crippen LogP contribution in [0.1, 0.15) is 15.9 Å². The average Bonchev–Trinajstić information content (AvgIpc) is 2.57. The van der Waals surface area contributed by atoms with Crippen molar-refractivity contribution >= 4 is 36.8 Å². The van der Waals surface area contributed by atoms with E-state index in [1.165, 1.54) is 36.4 Å². The van der Waals surface area contributed by atoms with Crippen LogP contribution in [0, 0.1) is 0 Å². The summed E-state index contributed by atoms with van der Waals surface area (Å²) in [6.45, 7) is 0. The van der Waals surface area contributed by atoms with Crippen molar-refractivity contribution in [2.24, 2.45) is 0 Å². The smallest absolute Gasteiger partial charge is 0.744 e. The zero-order chi connectivity index (χ0) is 18.9. The minimum absolute atomic E-state index is 0. The molecule has 3 aromatic rings. The number of fused-ring (bicyclic) bond motifs is 2. The molecule has 1 aliphatic carbocycles. The van der Waals surface area contributed by atoms with E-state index < -0.39 is 35.8 Å². The second-order valence-electron chi connectivity index (χ2n) is 5.81. The van der Waals surface area contributed by atoms with Crippen molar-refractivity contribution in [3.63, 3.8) is 0 Å². The first-order valence-electron chi connectivity index (χ1n) is 7.27. The van der Waals surface area contributed by atoms with Gasteiger partial charge in [0.25, 0.3) is 10.1 Å². The van der Waals surface area contributed by atoms with Crippen LogP contribution in [-0.4, -0.2) is 31.7 Å². The van der Waals surface area contributed by atoms with Crippen LogP contribution in [-0.2, 0) is 20.2 Å². The van der Waals surface area contributed by atoms with E-state index in [2.05, 4.69) is 0 Å². The molecule has 4 rings (SSSR count). The molecule has 0 heterocycles. The van der Waals surface area contributed by atoms with Gasteiger partial charge in [0, 0.05) is 21.9 Å². The van der Waals surface area contributed by atoms with Crippen LogP contribution in [0.15, 0.2) is 58.3 Å². The summed E-state index contributed by atoms with van der Waals surface area (Å²) in [4.78, 5) is 12.0. The van der Waals surface area contributed by atoms with Crippen molar-refractivity contribution < 1.29 is 60.3 Å². The maximum absolute atomic E-state index is 12.8. The van der Waals surface area contributed by atoms with Crippen LogP contribution >= 0.6 is 0 Å². The van der Waals surface area contributed by atoms with Gasteiger partial charge in [-0.1, -0.05) is 30.3 Å². The molecular weight excluding hydrogens is 403 g/mol. The molecule has 0 amide bonds. The van der Waals surface area contributed by atoms with E-state index in [1.54, 1.807) is 0 Å². The molecule has 0 bridgehead atoms. The number of ketones is 1. The Bertz CT molecular complexity index is 1340. The van der Waals surface area contributed by atoms with E-state index in [1.807, 2.05) is 0 Å². The van der Waals surface area contributed by atoms with E-state index >= 15 is 0 Å². The van der Waals surface area contributed by atoms with Gasteiger partial charge in [-0.15, -0.1) is 0 Å². The Morgan fingerprint density at radius 1 is 0.815 bits per heavy atom. The van der Waals surface area contributed by atoms with Gasteiger partial charge in [0.15, 0.2) is 5.78 Å². The summed E-state index contributed by atoms with van der Waals surface area (Å²) in [6.07, 6.45) is 0. The zero-order valence-electron chi connectivity index (χ0n) is 13.8. The molecule has 0 atom stereocenters.